The van der Waals surface area contributed by atoms with E-state index in [2.05, 4.69) is 29.6 Å². The Bertz CT molecular complexity index is 384. The summed E-state index contributed by atoms with van der Waals surface area (Å²) in [4.78, 5) is 0. The summed E-state index contributed by atoms with van der Waals surface area (Å²) in [6.45, 7) is 7.20. The van der Waals surface area contributed by atoms with Crippen molar-refractivity contribution >= 4 is 0 Å². The van der Waals surface area contributed by atoms with Gasteiger partial charge in [0, 0.05) is 19.2 Å². The molecule has 1 aliphatic rings. The van der Waals surface area contributed by atoms with Gasteiger partial charge in [0.1, 0.15) is 0 Å². The average Bonchev–Trinajstić information content (AvgIpc) is 2.76. The van der Waals surface area contributed by atoms with Crippen LogP contribution in [0.5, 0.6) is 0 Å². The van der Waals surface area contributed by atoms with E-state index >= 15 is 0 Å². The molecule has 1 atom stereocenters. The summed E-state index contributed by atoms with van der Waals surface area (Å²) in [5.41, 5.74) is 0.379. The van der Waals surface area contributed by atoms with Crippen LogP contribution in [0.4, 0.5) is 0 Å². The Morgan fingerprint density at radius 2 is 2.42 bits per heavy atom. The van der Waals surface area contributed by atoms with Gasteiger partial charge in [0.2, 0.25) is 0 Å². The van der Waals surface area contributed by atoms with Crippen molar-refractivity contribution in [2.24, 2.45) is 5.92 Å². The second-order valence-electron chi connectivity index (χ2n) is 5.99. The first-order valence-electron chi connectivity index (χ1n) is 7.16. The fourth-order valence-electron chi connectivity index (χ4n) is 2.47. The molecule has 0 unspecified atom stereocenters. The van der Waals surface area contributed by atoms with Crippen molar-refractivity contribution in [3.63, 3.8) is 0 Å². The van der Waals surface area contributed by atoms with Gasteiger partial charge in [-0.3, -0.25) is 0 Å². The lowest BCUT2D eigenvalue weighted by atomic mass is 9.94. The minimum absolute atomic E-state index is 0.583. The first-order valence-corrected chi connectivity index (χ1v) is 7.16. The van der Waals surface area contributed by atoms with Crippen LogP contribution < -0.4 is 10.6 Å². The number of hydrogen-bond acceptors (Lipinski definition) is 5. The molecule has 2 heterocycles. The molecule has 1 aliphatic heterocycles. The Morgan fingerprint density at radius 3 is 3.11 bits per heavy atom. The minimum Gasteiger partial charge on any atom is -0.387 e. The molecule has 5 heteroatoms. The first kappa shape index (κ1) is 14.5. The van der Waals surface area contributed by atoms with Crippen molar-refractivity contribution in [3.05, 3.63) is 17.5 Å². The van der Waals surface area contributed by atoms with Crippen LogP contribution in [0.1, 0.15) is 38.1 Å². The fourth-order valence-corrected chi connectivity index (χ4v) is 2.47. The van der Waals surface area contributed by atoms with E-state index in [-0.39, 0.29) is 0 Å². The molecule has 0 amide bonds. The molecule has 1 fully saturated rings. The molecule has 108 valence electrons. The van der Waals surface area contributed by atoms with Crippen molar-refractivity contribution in [2.75, 3.05) is 19.6 Å². The predicted molar refractivity (Wildman–Crippen MR) is 73.8 cm³/mol. The van der Waals surface area contributed by atoms with E-state index in [0.29, 0.717) is 25.6 Å². The summed E-state index contributed by atoms with van der Waals surface area (Å²) in [6, 6.07) is 2.00. The molecule has 3 N–H and O–H groups in total. The maximum absolute atomic E-state index is 10.3. The maximum atomic E-state index is 10.3. The Hall–Kier alpha value is -0.910. The van der Waals surface area contributed by atoms with Gasteiger partial charge in [-0.1, -0.05) is 19.0 Å². The van der Waals surface area contributed by atoms with E-state index in [4.69, 9.17) is 4.52 Å². The molecule has 1 aromatic heterocycles. The molecule has 0 radical (unpaired) electrons. The quantitative estimate of drug-likeness (QED) is 0.719. The highest BCUT2D eigenvalue weighted by atomic mass is 16.5. The van der Waals surface area contributed by atoms with Crippen LogP contribution in [0.25, 0.3) is 0 Å². The zero-order chi connectivity index (χ0) is 13.7. The SMILES string of the molecule is CC(C)Cc1cc(CNC[C@]2(O)CCCNC2)on1. The number of nitrogens with zero attached hydrogens (tertiary/aromatic N) is 1. The second-order valence-corrected chi connectivity index (χ2v) is 5.99. The molecule has 0 aliphatic carbocycles. The minimum atomic E-state index is -0.626. The molecule has 0 saturated carbocycles. The van der Waals surface area contributed by atoms with Crippen molar-refractivity contribution in [2.45, 2.75) is 45.3 Å². The lowest BCUT2D eigenvalue weighted by Gasteiger charge is -2.32. The lowest BCUT2D eigenvalue weighted by molar-refractivity contribution is 0.0165. The van der Waals surface area contributed by atoms with E-state index < -0.39 is 5.60 Å². The zero-order valence-corrected chi connectivity index (χ0v) is 11.9. The first-order chi connectivity index (χ1) is 9.07. The highest BCUT2D eigenvalue weighted by molar-refractivity contribution is 5.06. The molecule has 1 aromatic rings. The molecule has 0 spiro atoms. The lowest BCUT2D eigenvalue weighted by Crippen LogP contribution is -2.51. The predicted octanol–water partition coefficient (Wildman–Crippen LogP) is 1.08. The molecule has 2 rings (SSSR count). The Balaban J connectivity index is 1.74. The van der Waals surface area contributed by atoms with Crippen LogP contribution >= 0.6 is 0 Å². The summed E-state index contributed by atoms with van der Waals surface area (Å²) in [6.07, 6.45) is 2.82. The van der Waals surface area contributed by atoms with Crippen molar-refractivity contribution in [3.8, 4) is 0 Å². The number of β-amino-alcohol motifs (C(OH)–C–C–N with tert-alkyl or cyclic N) is 1. The Labute approximate surface area is 114 Å². The van der Waals surface area contributed by atoms with Crippen LogP contribution in [0.15, 0.2) is 10.6 Å². The van der Waals surface area contributed by atoms with Crippen molar-refractivity contribution < 1.29 is 9.63 Å². The van der Waals surface area contributed by atoms with Gasteiger partial charge in [-0.25, -0.2) is 0 Å². The Kier molecular flexibility index (Phi) is 4.96. The van der Waals surface area contributed by atoms with E-state index in [1.54, 1.807) is 0 Å². The van der Waals surface area contributed by atoms with Gasteiger partial charge < -0.3 is 20.3 Å². The summed E-state index contributed by atoms with van der Waals surface area (Å²) in [7, 11) is 0. The van der Waals surface area contributed by atoms with Gasteiger partial charge in [0.15, 0.2) is 5.76 Å². The number of aliphatic hydroxyl groups is 1. The normalized spacial score (nSPS) is 24.0. The molecular formula is C14H25N3O2. The monoisotopic (exact) mass is 267 g/mol. The highest BCUT2D eigenvalue weighted by Crippen LogP contribution is 2.15. The summed E-state index contributed by atoms with van der Waals surface area (Å²) < 4.78 is 5.28. The summed E-state index contributed by atoms with van der Waals surface area (Å²) in [5.74, 6) is 1.42. The van der Waals surface area contributed by atoms with Crippen molar-refractivity contribution in [1.82, 2.24) is 15.8 Å². The molecular weight excluding hydrogens is 242 g/mol. The number of hydrogen-bond donors (Lipinski definition) is 3. The van der Waals surface area contributed by atoms with Crippen LogP contribution in [0, 0.1) is 5.92 Å². The smallest absolute Gasteiger partial charge is 0.150 e. The number of piperidine rings is 1. The fraction of sp³-hybridized carbons (Fsp3) is 0.786. The summed E-state index contributed by atoms with van der Waals surface area (Å²) >= 11 is 0. The molecule has 0 aromatic carbocycles. The molecule has 19 heavy (non-hydrogen) atoms. The van der Waals surface area contributed by atoms with Gasteiger partial charge >= 0.3 is 0 Å². The molecule has 5 nitrogen and oxygen atoms in total. The average molecular weight is 267 g/mol. The van der Waals surface area contributed by atoms with Gasteiger partial charge in [0.25, 0.3) is 0 Å². The number of nitrogens with one attached hydrogen (secondary N) is 2. The van der Waals surface area contributed by atoms with Crippen LogP contribution in [-0.4, -0.2) is 35.5 Å². The van der Waals surface area contributed by atoms with E-state index in [1.807, 2.05) is 6.07 Å². The van der Waals surface area contributed by atoms with E-state index in [1.165, 1.54) is 0 Å². The van der Waals surface area contributed by atoms with Gasteiger partial charge in [-0.05, 0) is 31.7 Å². The third-order valence-corrected chi connectivity index (χ3v) is 3.43. The number of rotatable bonds is 6. The molecule has 0 bridgehead atoms. The standard InChI is InChI=1S/C14H25N3O2/c1-11(2)6-12-7-13(19-17-12)8-16-10-14(18)4-3-5-15-9-14/h7,11,15-16,18H,3-6,8-10H2,1-2H3/t14-/m0/s1. The van der Waals surface area contributed by atoms with Crippen LogP contribution in [0.2, 0.25) is 0 Å². The Morgan fingerprint density at radius 1 is 1.58 bits per heavy atom. The van der Waals surface area contributed by atoms with Crippen LogP contribution in [0.3, 0.4) is 0 Å². The van der Waals surface area contributed by atoms with Crippen molar-refractivity contribution in [1.29, 1.82) is 0 Å². The summed E-state index contributed by atoms with van der Waals surface area (Å²) in [5, 5.41) is 20.8. The van der Waals surface area contributed by atoms with Gasteiger partial charge in [-0.15, -0.1) is 0 Å². The van der Waals surface area contributed by atoms with E-state index in [0.717, 1.165) is 37.3 Å². The largest absolute Gasteiger partial charge is 0.387 e. The molecule has 1 saturated heterocycles. The highest BCUT2D eigenvalue weighted by Gasteiger charge is 2.28. The third-order valence-electron chi connectivity index (χ3n) is 3.43. The van der Waals surface area contributed by atoms with Gasteiger partial charge in [0.05, 0.1) is 17.8 Å². The maximum Gasteiger partial charge on any atom is 0.150 e. The van der Waals surface area contributed by atoms with Crippen LogP contribution in [-0.2, 0) is 13.0 Å². The third kappa shape index (κ3) is 4.60. The topological polar surface area (TPSA) is 70.3 Å². The number of aromatic nitrogens is 1. The second kappa shape index (κ2) is 6.50. The van der Waals surface area contributed by atoms with E-state index in [9.17, 15) is 5.11 Å². The van der Waals surface area contributed by atoms with Gasteiger partial charge in [-0.2, -0.15) is 0 Å². The zero-order valence-electron chi connectivity index (χ0n) is 11.9.